The normalized spacial score (nSPS) is 10.0. The molecule has 8 nitrogen and oxygen atoms in total. The molecule has 2 amide bonds. The molecule has 1 heterocycles. The third kappa shape index (κ3) is 4.66. The maximum Gasteiger partial charge on any atom is 0.276 e. The van der Waals surface area contributed by atoms with E-state index in [9.17, 15) is 9.59 Å². The number of carbonyl (C=O) groups excluding carboxylic acids is 2. The van der Waals surface area contributed by atoms with E-state index in [0.29, 0.717) is 22.0 Å². The second kappa shape index (κ2) is 8.70. The van der Waals surface area contributed by atoms with E-state index in [1.807, 2.05) is 6.07 Å². The summed E-state index contributed by atoms with van der Waals surface area (Å²) in [5.74, 6) is -0.653. The molecule has 0 aliphatic carbocycles. The zero-order chi connectivity index (χ0) is 19.9. The minimum atomic E-state index is -0.547. The van der Waals surface area contributed by atoms with Crippen molar-refractivity contribution in [2.45, 2.75) is 0 Å². The number of aromatic amines is 1. The van der Waals surface area contributed by atoms with Crippen LogP contribution in [-0.4, -0.2) is 28.6 Å². The average molecular weight is 396 g/mol. The number of hydrazine groups is 1. The van der Waals surface area contributed by atoms with E-state index in [1.165, 1.54) is 6.20 Å². The molecule has 0 aliphatic heterocycles. The number of nitriles is 1. The highest BCUT2D eigenvalue weighted by molar-refractivity contribution is 6.30. The van der Waals surface area contributed by atoms with Gasteiger partial charge in [0.05, 0.1) is 29.1 Å². The van der Waals surface area contributed by atoms with Gasteiger partial charge >= 0.3 is 0 Å². The number of nitrogens with one attached hydrogen (secondary N) is 3. The Balaban J connectivity index is 1.54. The number of amides is 2. The zero-order valence-corrected chi connectivity index (χ0v) is 15.2. The number of carbonyl (C=O) groups is 2. The fraction of sp³-hybridized carbons (Fsp3) is 0.0526. The Bertz CT molecular complexity index is 1020. The maximum atomic E-state index is 12.3. The van der Waals surface area contributed by atoms with Crippen molar-refractivity contribution in [1.29, 1.82) is 5.26 Å². The minimum absolute atomic E-state index is 0.260. The van der Waals surface area contributed by atoms with Gasteiger partial charge in [-0.3, -0.25) is 25.5 Å². The summed E-state index contributed by atoms with van der Waals surface area (Å²) in [6.07, 6.45) is 1.36. The number of rotatable bonds is 5. The summed E-state index contributed by atoms with van der Waals surface area (Å²) in [7, 11) is 0. The van der Waals surface area contributed by atoms with E-state index in [4.69, 9.17) is 21.6 Å². The summed E-state index contributed by atoms with van der Waals surface area (Å²) < 4.78 is 5.29. The number of ether oxygens (including phenoxy) is 1. The lowest BCUT2D eigenvalue weighted by Crippen LogP contribution is -2.43. The van der Waals surface area contributed by atoms with Gasteiger partial charge in [-0.05, 0) is 36.4 Å². The first-order valence-corrected chi connectivity index (χ1v) is 8.46. The van der Waals surface area contributed by atoms with Gasteiger partial charge in [-0.2, -0.15) is 10.4 Å². The van der Waals surface area contributed by atoms with E-state index >= 15 is 0 Å². The van der Waals surface area contributed by atoms with E-state index in [1.54, 1.807) is 48.5 Å². The maximum absolute atomic E-state index is 12.3. The van der Waals surface area contributed by atoms with E-state index in [2.05, 4.69) is 21.0 Å². The van der Waals surface area contributed by atoms with Gasteiger partial charge < -0.3 is 4.74 Å². The molecule has 0 bridgehead atoms. The summed E-state index contributed by atoms with van der Waals surface area (Å²) >= 11 is 5.87. The van der Waals surface area contributed by atoms with Crippen molar-refractivity contribution in [3.05, 3.63) is 70.9 Å². The van der Waals surface area contributed by atoms with Crippen LogP contribution < -0.4 is 15.6 Å². The van der Waals surface area contributed by atoms with E-state index in [0.717, 1.165) is 5.56 Å². The number of nitrogens with zero attached hydrogens (tertiary/aromatic N) is 2. The topological polar surface area (TPSA) is 120 Å². The first-order chi connectivity index (χ1) is 13.6. The fourth-order valence-electron chi connectivity index (χ4n) is 2.30. The molecular weight excluding hydrogens is 382 g/mol. The number of hydrogen-bond acceptors (Lipinski definition) is 5. The van der Waals surface area contributed by atoms with Crippen molar-refractivity contribution < 1.29 is 14.3 Å². The van der Waals surface area contributed by atoms with Crippen molar-refractivity contribution in [2.75, 3.05) is 6.61 Å². The molecule has 3 rings (SSSR count). The number of benzene rings is 2. The smallest absolute Gasteiger partial charge is 0.276 e. The van der Waals surface area contributed by atoms with E-state index in [-0.39, 0.29) is 12.2 Å². The van der Waals surface area contributed by atoms with Crippen LogP contribution in [0, 0.1) is 11.3 Å². The van der Waals surface area contributed by atoms with Gasteiger partial charge in [0, 0.05) is 10.6 Å². The molecule has 1 aromatic heterocycles. The minimum Gasteiger partial charge on any atom is -0.484 e. The monoisotopic (exact) mass is 395 g/mol. The molecule has 0 unspecified atom stereocenters. The molecule has 3 aromatic rings. The summed E-state index contributed by atoms with van der Waals surface area (Å²) in [6.45, 7) is -0.304. The van der Waals surface area contributed by atoms with Gasteiger partial charge in [0.15, 0.2) is 6.61 Å². The number of hydrogen-bond donors (Lipinski definition) is 3. The van der Waals surface area contributed by atoms with Crippen molar-refractivity contribution in [2.24, 2.45) is 0 Å². The molecule has 0 saturated heterocycles. The Kier molecular flexibility index (Phi) is 5.89. The van der Waals surface area contributed by atoms with Crippen LogP contribution in [0.1, 0.15) is 15.9 Å². The fourth-order valence-corrected chi connectivity index (χ4v) is 2.43. The van der Waals surface area contributed by atoms with Crippen molar-refractivity contribution in [3.63, 3.8) is 0 Å². The van der Waals surface area contributed by atoms with Crippen LogP contribution in [0.15, 0.2) is 54.7 Å². The lowest BCUT2D eigenvalue weighted by atomic mass is 10.1. The van der Waals surface area contributed by atoms with Gasteiger partial charge in [-0.25, -0.2) is 0 Å². The Hall–Kier alpha value is -3.83. The molecule has 0 atom stereocenters. The van der Waals surface area contributed by atoms with Crippen LogP contribution >= 0.6 is 11.6 Å². The SMILES string of the molecule is N#Cc1ccc(OCC(=O)NNC(=O)c2cn[nH]c2-c2ccc(Cl)cc2)cc1. The molecule has 3 N–H and O–H groups in total. The molecule has 140 valence electrons. The molecule has 0 spiro atoms. The Morgan fingerprint density at radius 3 is 2.50 bits per heavy atom. The average Bonchev–Trinajstić information content (AvgIpc) is 3.21. The predicted octanol–water partition coefficient (Wildman–Crippen LogP) is 2.44. The summed E-state index contributed by atoms with van der Waals surface area (Å²) in [5, 5.41) is 15.9. The second-order valence-corrected chi connectivity index (χ2v) is 6.03. The van der Waals surface area contributed by atoms with Crippen LogP contribution in [-0.2, 0) is 4.79 Å². The van der Waals surface area contributed by atoms with Crippen molar-refractivity contribution in [3.8, 4) is 23.1 Å². The molecule has 28 heavy (non-hydrogen) atoms. The first-order valence-electron chi connectivity index (χ1n) is 8.08. The van der Waals surface area contributed by atoms with E-state index < -0.39 is 11.8 Å². The summed E-state index contributed by atoms with van der Waals surface area (Å²) in [4.78, 5) is 24.2. The largest absolute Gasteiger partial charge is 0.484 e. The van der Waals surface area contributed by atoms with Crippen LogP contribution in [0.3, 0.4) is 0 Å². The number of H-pyrrole nitrogens is 1. The molecule has 0 radical (unpaired) electrons. The van der Waals surface area contributed by atoms with Crippen LogP contribution in [0.5, 0.6) is 5.75 Å². The quantitative estimate of drug-likeness (QED) is 0.573. The van der Waals surface area contributed by atoms with Crippen LogP contribution in [0.2, 0.25) is 5.02 Å². The zero-order valence-electron chi connectivity index (χ0n) is 14.4. The molecule has 9 heteroatoms. The van der Waals surface area contributed by atoms with Crippen molar-refractivity contribution in [1.82, 2.24) is 21.0 Å². The molecule has 0 aliphatic rings. The lowest BCUT2D eigenvalue weighted by molar-refractivity contribution is -0.123. The second-order valence-electron chi connectivity index (χ2n) is 5.59. The van der Waals surface area contributed by atoms with Gasteiger partial charge in [-0.1, -0.05) is 23.7 Å². The van der Waals surface area contributed by atoms with Gasteiger partial charge in [0.2, 0.25) is 0 Å². The molecular formula is C19H14ClN5O3. The Labute approximate surface area is 165 Å². The van der Waals surface area contributed by atoms with Crippen molar-refractivity contribution >= 4 is 23.4 Å². The number of halogens is 1. The highest BCUT2D eigenvalue weighted by Crippen LogP contribution is 2.22. The highest BCUT2D eigenvalue weighted by Gasteiger charge is 2.16. The Morgan fingerprint density at radius 2 is 1.82 bits per heavy atom. The number of aromatic nitrogens is 2. The standard InChI is InChI=1S/C19H14ClN5O3/c20-14-5-3-13(4-6-14)18-16(10-22-24-18)19(27)25-23-17(26)11-28-15-7-1-12(9-21)2-8-15/h1-8,10H,11H2,(H,22,24)(H,23,26)(H,25,27). The summed E-state index contributed by atoms with van der Waals surface area (Å²) in [5.41, 5.74) is 6.55. The van der Waals surface area contributed by atoms with Gasteiger partial charge in [0.1, 0.15) is 5.75 Å². The third-order valence-corrected chi connectivity index (χ3v) is 3.94. The summed E-state index contributed by atoms with van der Waals surface area (Å²) in [6, 6.07) is 15.2. The highest BCUT2D eigenvalue weighted by atomic mass is 35.5. The van der Waals surface area contributed by atoms with Crippen LogP contribution in [0.4, 0.5) is 0 Å². The molecule has 0 fully saturated rings. The lowest BCUT2D eigenvalue weighted by Gasteiger charge is -2.09. The Morgan fingerprint density at radius 1 is 1.11 bits per heavy atom. The molecule has 0 saturated carbocycles. The predicted molar refractivity (Wildman–Crippen MR) is 101 cm³/mol. The first kappa shape index (κ1) is 18.9. The van der Waals surface area contributed by atoms with Gasteiger partial charge in [-0.15, -0.1) is 0 Å². The third-order valence-electron chi connectivity index (χ3n) is 3.69. The van der Waals surface area contributed by atoms with Crippen LogP contribution in [0.25, 0.3) is 11.3 Å². The molecule has 2 aromatic carbocycles. The van der Waals surface area contributed by atoms with Gasteiger partial charge in [0.25, 0.3) is 11.8 Å².